The number of carbonyl (C=O) groups is 1. The molecule has 1 saturated heterocycles. The minimum atomic E-state index is -0.146. The number of hydrogen-bond donors (Lipinski definition) is 3. The van der Waals surface area contributed by atoms with Crippen LogP contribution in [0.25, 0.3) is 0 Å². The first-order valence-electron chi connectivity index (χ1n) is 6.61. The van der Waals surface area contributed by atoms with E-state index in [4.69, 9.17) is 23.2 Å². The van der Waals surface area contributed by atoms with E-state index in [2.05, 4.69) is 22.9 Å². The van der Waals surface area contributed by atoms with Crippen molar-refractivity contribution in [2.24, 2.45) is 0 Å². The third kappa shape index (κ3) is 3.64. The van der Waals surface area contributed by atoms with E-state index in [0.29, 0.717) is 15.7 Å². The molecule has 0 radical (unpaired) electrons. The van der Waals surface area contributed by atoms with E-state index in [9.17, 15) is 4.79 Å². The van der Waals surface area contributed by atoms with Gasteiger partial charge in [-0.15, -0.1) is 0 Å². The van der Waals surface area contributed by atoms with Crippen LogP contribution >= 0.6 is 23.2 Å². The summed E-state index contributed by atoms with van der Waals surface area (Å²) in [7, 11) is 0. The van der Waals surface area contributed by atoms with Gasteiger partial charge in [-0.25, -0.2) is 0 Å². The van der Waals surface area contributed by atoms with Crippen LogP contribution in [0, 0.1) is 6.92 Å². The lowest BCUT2D eigenvalue weighted by Gasteiger charge is -2.24. The van der Waals surface area contributed by atoms with Crippen LogP contribution in [0.4, 0.5) is 5.69 Å². The zero-order valence-corrected chi connectivity index (χ0v) is 13.2. The molecule has 110 valence electrons. The van der Waals surface area contributed by atoms with Crippen molar-refractivity contribution in [2.45, 2.75) is 25.8 Å². The summed E-state index contributed by atoms with van der Waals surface area (Å²) in [5.74, 6) is -0.146. The summed E-state index contributed by atoms with van der Waals surface area (Å²) in [5, 5.41) is 10.3. The van der Waals surface area contributed by atoms with E-state index in [-0.39, 0.29) is 18.0 Å². The van der Waals surface area contributed by atoms with Gasteiger partial charge in [0, 0.05) is 12.1 Å². The molecule has 2 rings (SSSR count). The maximum Gasteiger partial charge on any atom is 0.238 e. The van der Waals surface area contributed by atoms with Gasteiger partial charge in [-0.05, 0) is 38.4 Å². The van der Waals surface area contributed by atoms with Crippen LogP contribution < -0.4 is 16.0 Å². The number of aryl methyl sites for hydroxylation is 1. The van der Waals surface area contributed by atoms with Gasteiger partial charge in [0.25, 0.3) is 0 Å². The van der Waals surface area contributed by atoms with Crippen molar-refractivity contribution >= 4 is 34.8 Å². The molecule has 0 saturated carbocycles. The molecule has 3 N–H and O–H groups in total. The number of amides is 1. The minimum Gasteiger partial charge on any atom is -0.322 e. The first-order valence-corrected chi connectivity index (χ1v) is 7.37. The van der Waals surface area contributed by atoms with Crippen molar-refractivity contribution in [1.29, 1.82) is 0 Å². The van der Waals surface area contributed by atoms with E-state index in [0.717, 1.165) is 25.1 Å². The third-order valence-electron chi connectivity index (χ3n) is 3.59. The molecular weight excluding hydrogens is 297 g/mol. The van der Waals surface area contributed by atoms with Crippen molar-refractivity contribution in [2.75, 3.05) is 25.0 Å². The van der Waals surface area contributed by atoms with Gasteiger partial charge in [-0.2, -0.15) is 0 Å². The molecule has 20 heavy (non-hydrogen) atoms. The molecule has 1 unspecified atom stereocenters. The molecule has 1 aliphatic heterocycles. The lowest BCUT2D eigenvalue weighted by molar-refractivity contribution is -0.115. The van der Waals surface area contributed by atoms with Crippen LogP contribution in [0.1, 0.15) is 18.9 Å². The predicted octanol–water partition coefficient (Wildman–Crippen LogP) is 2.58. The average Bonchev–Trinajstić information content (AvgIpc) is 2.84. The van der Waals surface area contributed by atoms with Gasteiger partial charge in [-0.1, -0.05) is 29.3 Å². The Balaban J connectivity index is 1.96. The first-order chi connectivity index (χ1) is 9.41. The van der Waals surface area contributed by atoms with Gasteiger partial charge in [0.1, 0.15) is 0 Å². The highest BCUT2D eigenvalue weighted by molar-refractivity contribution is 6.40. The molecule has 1 atom stereocenters. The van der Waals surface area contributed by atoms with E-state index in [1.54, 1.807) is 6.07 Å². The quantitative estimate of drug-likeness (QED) is 0.800. The third-order valence-corrected chi connectivity index (χ3v) is 4.40. The Morgan fingerprint density at radius 2 is 2.20 bits per heavy atom. The highest BCUT2D eigenvalue weighted by atomic mass is 35.5. The normalized spacial score (nSPS) is 22.0. The van der Waals surface area contributed by atoms with Crippen LogP contribution in [-0.2, 0) is 4.79 Å². The Morgan fingerprint density at radius 3 is 2.85 bits per heavy atom. The number of halogens is 2. The molecule has 4 nitrogen and oxygen atoms in total. The van der Waals surface area contributed by atoms with Gasteiger partial charge in [0.05, 0.1) is 22.3 Å². The number of nitrogens with one attached hydrogen (secondary N) is 3. The zero-order valence-electron chi connectivity index (χ0n) is 11.6. The Kier molecular flexibility index (Phi) is 4.91. The lowest BCUT2D eigenvalue weighted by Crippen LogP contribution is -2.47. The molecule has 0 aromatic heterocycles. The summed E-state index contributed by atoms with van der Waals surface area (Å²) in [6, 6.07) is 3.55. The van der Waals surface area contributed by atoms with Gasteiger partial charge in [-0.3, -0.25) is 4.79 Å². The topological polar surface area (TPSA) is 53.2 Å². The van der Waals surface area contributed by atoms with E-state index in [1.807, 2.05) is 13.0 Å². The second-order valence-electron chi connectivity index (χ2n) is 5.44. The van der Waals surface area contributed by atoms with Crippen molar-refractivity contribution in [3.8, 4) is 0 Å². The van der Waals surface area contributed by atoms with Gasteiger partial charge in [0.2, 0.25) is 5.91 Å². The van der Waals surface area contributed by atoms with Crippen molar-refractivity contribution in [3.63, 3.8) is 0 Å². The Bertz CT molecular complexity index is 513. The molecule has 1 aromatic rings. The predicted molar refractivity (Wildman–Crippen MR) is 83.7 cm³/mol. The van der Waals surface area contributed by atoms with Crippen LogP contribution in [0.5, 0.6) is 0 Å². The fraction of sp³-hybridized carbons (Fsp3) is 0.500. The maximum absolute atomic E-state index is 12.0. The Labute approximate surface area is 129 Å². The van der Waals surface area contributed by atoms with Crippen molar-refractivity contribution < 1.29 is 4.79 Å². The molecule has 0 bridgehead atoms. The number of anilines is 1. The highest BCUT2D eigenvalue weighted by Crippen LogP contribution is 2.32. The SMILES string of the molecule is Cc1ccc(Cl)c(NC(=O)CNC2(C)CCNC2)c1Cl. The van der Waals surface area contributed by atoms with E-state index >= 15 is 0 Å². The summed E-state index contributed by atoms with van der Waals surface area (Å²) < 4.78 is 0. The Hall–Kier alpha value is -0.810. The van der Waals surface area contributed by atoms with Crippen LogP contribution in [-0.4, -0.2) is 31.1 Å². The summed E-state index contributed by atoms with van der Waals surface area (Å²) in [6.45, 7) is 6.05. The fourth-order valence-corrected chi connectivity index (χ4v) is 2.68. The molecular formula is C14H19Cl2N3O. The maximum atomic E-state index is 12.0. The molecule has 0 spiro atoms. The molecule has 1 heterocycles. The molecule has 0 aliphatic carbocycles. The highest BCUT2D eigenvalue weighted by Gasteiger charge is 2.28. The molecule has 1 amide bonds. The largest absolute Gasteiger partial charge is 0.322 e. The number of rotatable bonds is 4. The first kappa shape index (κ1) is 15.6. The summed E-state index contributed by atoms with van der Waals surface area (Å²) in [4.78, 5) is 12.0. The van der Waals surface area contributed by atoms with Gasteiger partial charge >= 0.3 is 0 Å². The van der Waals surface area contributed by atoms with Crippen LogP contribution in [0.2, 0.25) is 10.0 Å². The molecule has 6 heteroatoms. The molecule has 1 aliphatic rings. The zero-order chi connectivity index (χ0) is 14.8. The monoisotopic (exact) mass is 315 g/mol. The standard InChI is InChI=1S/C14H19Cl2N3O/c1-9-3-4-10(15)13(12(9)16)19-11(20)7-18-14(2)5-6-17-8-14/h3-4,17-18H,5-8H2,1-2H3,(H,19,20). The lowest BCUT2D eigenvalue weighted by atomic mass is 10.0. The summed E-state index contributed by atoms with van der Waals surface area (Å²) >= 11 is 12.2. The smallest absolute Gasteiger partial charge is 0.238 e. The van der Waals surface area contributed by atoms with Gasteiger partial charge < -0.3 is 16.0 Å². The van der Waals surface area contributed by atoms with E-state index in [1.165, 1.54) is 0 Å². The molecule has 1 fully saturated rings. The number of hydrogen-bond acceptors (Lipinski definition) is 3. The van der Waals surface area contributed by atoms with Crippen molar-refractivity contribution in [1.82, 2.24) is 10.6 Å². The van der Waals surface area contributed by atoms with Crippen LogP contribution in [0.15, 0.2) is 12.1 Å². The summed E-state index contributed by atoms with van der Waals surface area (Å²) in [5.41, 5.74) is 1.33. The number of benzene rings is 1. The van der Waals surface area contributed by atoms with E-state index < -0.39 is 0 Å². The van der Waals surface area contributed by atoms with Gasteiger partial charge in [0.15, 0.2) is 0 Å². The summed E-state index contributed by atoms with van der Waals surface area (Å²) in [6.07, 6.45) is 1.01. The average molecular weight is 316 g/mol. The van der Waals surface area contributed by atoms with Crippen molar-refractivity contribution in [3.05, 3.63) is 27.7 Å². The second-order valence-corrected chi connectivity index (χ2v) is 6.23. The minimum absolute atomic E-state index is 0.0302. The molecule has 1 aromatic carbocycles. The second kappa shape index (κ2) is 6.31. The number of carbonyl (C=O) groups excluding carboxylic acids is 1. The fourth-order valence-electron chi connectivity index (χ4n) is 2.22. The van der Waals surface area contributed by atoms with Crippen LogP contribution in [0.3, 0.4) is 0 Å². The Morgan fingerprint density at radius 1 is 1.45 bits per heavy atom.